The molecule has 2 N–H and O–H groups in total. The first-order chi connectivity index (χ1) is 3.63. The number of rotatable bonds is 0. The molecule has 0 bridgehead atoms. The van der Waals surface area contributed by atoms with E-state index < -0.39 is 0 Å². The van der Waals surface area contributed by atoms with Crippen molar-refractivity contribution in [2.24, 2.45) is 16.1 Å². The summed E-state index contributed by atoms with van der Waals surface area (Å²) in [5.41, 5.74) is 5.83. The van der Waals surface area contributed by atoms with E-state index >= 15 is 0 Å². The summed E-state index contributed by atoms with van der Waals surface area (Å²) in [5, 5.41) is 0. The molecule has 0 aliphatic carbocycles. The van der Waals surface area contributed by atoms with E-state index in [1.807, 2.05) is 6.21 Å². The number of hydrogen-bond acceptors (Lipinski definition) is 2. The summed E-state index contributed by atoms with van der Waals surface area (Å²) >= 11 is 0. The van der Waals surface area contributed by atoms with E-state index in [4.69, 9.17) is 5.73 Å². The Morgan fingerprint density at radius 2 is 2.38 bits per heavy atom. The molecule has 0 aromatic heterocycles. The van der Waals surface area contributed by atoms with Crippen molar-refractivity contribution in [3.8, 4) is 0 Å². The lowest BCUT2D eigenvalue weighted by atomic mass is 9.89. The van der Waals surface area contributed by atoms with E-state index in [0.717, 1.165) is 6.54 Å². The summed E-state index contributed by atoms with van der Waals surface area (Å²) in [6.07, 6.45) is 1.94. The summed E-state index contributed by atoms with van der Waals surface area (Å²) in [5.74, 6) is 0. The van der Waals surface area contributed by atoms with Crippen molar-refractivity contribution in [3.63, 3.8) is 0 Å². The number of aliphatic imine (C=N–C) groups is 1. The predicted molar refractivity (Wildman–Crippen MR) is 35.1 cm³/mol. The van der Waals surface area contributed by atoms with Crippen LogP contribution in [-0.4, -0.2) is 18.8 Å². The average molecular weight is 112 g/mol. The zero-order valence-corrected chi connectivity index (χ0v) is 5.39. The highest BCUT2D eigenvalue weighted by atomic mass is 14.9. The number of nitrogens with zero attached hydrogens (tertiary/aromatic N) is 1. The van der Waals surface area contributed by atoms with Gasteiger partial charge in [-0.15, -0.1) is 0 Å². The molecule has 1 heterocycles. The normalized spacial score (nSPS) is 33.6. The van der Waals surface area contributed by atoms with E-state index in [9.17, 15) is 0 Å². The van der Waals surface area contributed by atoms with Gasteiger partial charge in [-0.3, -0.25) is 4.99 Å². The fourth-order valence-corrected chi connectivity index (χ4v) is 0.733. The molecule has 0 aromatic rings. The van der Waals surface area contributed by atoms with Gasteiger partial charge >= 0.3 is 0 Å². The Morgan fingerprint density at radius 1 is 1.75 bits per heavy atom. The lowest BCUT2D eigenvalue weighted by Crippen LogP contribution is -2.36. The van der Waals surface area contributed by atoms with Crippen LogP contribution in [0.15, 0.2) is 4.99 Å². The quantitative estimate of drug-likeness (QED) is 0.484. The molecule has 0 unspecified atom stereocenters. The van der Waals surface area contributed by atoms with Crippen LogP contribution in [0.1, 0.15) is 13.8 Å². The summed E-state index contributed by atoms with van der Waals surface area (Å²) < 4.78 is 0. The first-order valence-electron chi connectivity index (χ1n) is 2.89. The largest absolute Gasteiger partial charge is 0.325 e. The van der Waals surface area contributed by atoms with Crippen LogP contribution in [0, 0.1) is 5.41 Å². The lowest BCUT2D eigenvalue weighted by Gasteiger charge is -2.19. The van der Waals surface area contributed by atoms with Crippen molar-refractivity contribution in [3.05, 3.63) is 0 Å². The zero-order valence-electron chi connectivity index (χ0n) is 5.39. The summed E-state index contributed by atoms with van der Waals surface area (Å²) in [7, 11) is 0. The molecule has 1 atom stereocenters. The third-order valence-corrected chi connectivity index (χ3v) is 1.68. The average Bonchev–Trinajstić information content (AvgIpc) is 1.86. The molecule has 0 aromatic carbocycles. The molecule has 0 spiro atoms. The Morgan fingerprint density at radius 3 is 2.50 bits per heavy atom. The SMILES string of the molecule is CC1(C)C=NC[C@H]1N. The topological polar surface area (TPSA) is 38.4 Å². The van der Waals surface area contributed by atoms with Crippen LogP contribution in [0.25, 0.3) is 0 Å². The highest BCUT2D eigenvalue weighted by molar-refractivity contribution is 5.68. The van der Waals surface area contributed by atoms with Gasteiger partial charge in [0.1, 0.15) is 0 Å². The van der Waals surface area contributed by atoms with Crippen LogP contribution in [0.5, 0.6) is 0 Å². The maximum atomic E-state index is 5.69. The van der Waals surface area contributed by atoms with Gasteiger partial charge in [0.2, 0.25) is 0 Å². The van der Waals surface area contributed by atoms with Crippen LogP contribution < -0.4 is 5.73 Å². The van der Waals surface area contributed by atoms with E-state index in [0.29, 0.717) is 0 Å². The highest BCUT2D eigenvalue weighted by Gasteiger charge is 2.27. The van der Waals surface area contributed by atoms with Crippen molar-refractivity contribution in [1.29, 1.82) is 0 Å². The molecule has 0 saturated carbocycles. The zero-order chi connectivity index (χ0) is 6.20. The van der Waals surface area contributed by atoms with Gasteiger partial charge in [-0.1, -0.05) is 13.8 Å². The minimum Gasteiger partial charge on any atom is -0.325 e. The smallest absolute Gasteiger partial charge is 0.0546 e. The van der Waals surface area contributed by atoms with Crippen molar-refractivity contribution in [1.82, 2.24) is 0 Å². The van der Waals surface area contributed by atoms with E-state index in [2.05, 4.69) is 18.8 Å². The van der Waals surface area contributed by atoms with Gasteiger partial charge in [0.05, 0.1) is 6.54 Å². The molecule has 2 heteroatoms. The minimum absolute atomic E-state index is 0.139. The molecule has 2 nitrogen and oxygen atoms in total. The second-order valence-electron chi connectivity index (χ2n) is 2.92. The monoisotopic (exact) mass is 112 g/mol. The van der Waals surface area contributed by atoms with Crippen molar-refractivity contribution < 1.29 is 0 Å². The van der Waals surface area contributed by atoms with Gasteiger partial charge in [0, 0.05) is 17.7 Å². The summed E-state index contributed by atoms with van der Waals surface area (Å²) in [6, 6.07) is 0.238. The molecular weight excluding hydrogens is 100 g/mol. The van der Waals surface area contributed by atoms with E-state index in [1.54, 1.807) is 0 Å². The van der Waals surface area contributed by atoms with Crippen LogP contribution >= 0.6 is 0 Å². The molecule has 1 rings (SSSR count). The van der Waals surface area contributed by atoms with E-state index in [-0.39, 0.29) is 11.5 Å². The second kappa shape index (κ2) is 1.55. The molecule has 1 aliphatic rings. The Kier molecular flexibility index (Phi) is 1.12. The molecule has 0 fully saturated rings. The molecule has 0 radical (unpaired) electrons. The third-order valence-electron chi connectivity index (χ3n) is 1.68. The van der Waals surface area contributed by atoms with Gasteiger partial charge in [-0.25, -0.2) is 0 Å². The van der Waals surface area contributed by atoms with Gasteiger partial charge in [-0.05, 0) is 0 Å². The number of nitrogens with two attached hydrogens (primary N) is 1. The van der Waals surface area contributed by atoms with Gasteiger partial charge in [0.25, 0.3) is 0 Å². The molecule has 8 heavy (non-hydrogen) atoms. The molecule has 0 saturated heterocycles. The summed E-state index contributed by atoms with van der Waals surface area (Å²) in [4.78, 5) is 4.07. The van der Waals surface area contributed by atoms with Gasteiger partial charge < -0.3 is 5.73 Å². The third kappa shape index (κ3) is 0.757. The summed E-state index contributed by atoms with van der Waals surface area (Å²) in [6.45, 7) is 5.01. The van der Waals surface area contributed by atoms with Gasteiger partial charge in [0.15, 0.2) is 0 Å². The predicted octanol–water partition coefficient (Wildman–Crippen LogP) is 0.424. The fourth-order valence-electron chi connectivity index (χ4n) is 0.733. The molecule has 1 aliphatic heterocycles. The van der Waals surface area contributed by atoms with Crippen molar-refractivity contribution in [2.75, 3.05) is 6.54 Å². The Hall–Kier alpha value is -0.370. The maximum absolute atomic E-state index is 5.69. The molecular formula is C6H12N2. The van der Waals surface area contributed by atoms with Gasteiger partial charge in [-0.2, -0.15) is 0 Å². The van der Waals surface area contributed by atoms with Crippen molar-refractivity contribution in [2.45, 2.75) is 19.9 Å². The second-order valence-corrected chi connectivity index (χ2v) is 2.92. The fraction of sp³-hybridized carbons (Fsp3) is 0.833. The first-order valence-corrected chi connectivity index (χ1v) is 2.89. The molecule has 46 valence electrons. The standard InChI is InChI=1S/C6H12N2/c1-6(2)4-8-3-5(6)7/h4-5H,3,7H2,1-2H3/t5-/m1/s1. The maximum Gasteiger partial charge on any atom is 0.0546 e. The van der Waals surface area contributed by atoms with Crippen LogP contribution in [0.3, 0.4) is 0 Å². The van der Waals surface area contributed by atoms with Crippen LogP contribution in [-0.2, 0) is 0 Å². The minimum atomic E-state index is 0.139. The van der Waals surface area contributed by atoms with E-state index in [1.165, 1.54) is 0 Å². The van der Waals surface area contributed by atoms with Crippen molar-refractivity contribution >= 4 is 6.21 Å². The lowest BCUT2D eigenvalue weighted by molar-refractivity contribution is 0.448. The number of hydrogen-bond donors (Lipinski definition) is 1. The highest BCUT2D eigenvalue weighted by Crippen LogP contribution is 2.20. The Bertz CT molecular complexity index is 116. The Balaban J connectivity index is 2.67. The van der Waals surface area contributed by atoms with Crippen LogP contribution in [0.4, 0.5) is 0 Å². The molecule has 0 amide bonds. The Labute approximate surface area is 49.8 Å². The van der Waals surface area contributed by atoms with Crippen LogP contribution in [0.2, 0.25) is 0 Å². The first kappa shape index (κ1) is 5.76.